The number of benzene rings is 2. The van der Waals surface area contributed by atoms with Gasteiger partial charge in [-0.25, -0.2) is 4.68 Å². The van der Waals surface area contributed by atoms with Crippen LogP contribution in [-0.4, -0.2) is 9.78 Å². The highest BCUT2D eigenvalue weighted by atomic mass is 16.1. The van der Waals surface area contributed by atoms with E-state index in [4.69, 9.17) is 0 Å². The van der Waals surface area contributed by atoms with Crippen molar-refractivity contribution in [2.75, 3.05) is 0 Å². The van der Waals surface area contributed by atoms with Gasteiger partial charge in [0.15, 0.2) is 0 Å². The van der Waals surface area contributed by atoms with Gasteiger partial charge in [0.2, 0.25) is 0 Å². The minimum atomic E-state index is 0.0200. The molecule has 3 aromatic rings. The number of nitrogens with zero attached hydrogens (tertiary/aromatic N) is 1. The molecule has 1 aromatic heterocycles. The summed E-state index contributed by atoms with van der Waals surface area (Å²) in [7, 11) is 0. The molecule has 0 atom stereocenters. The molecule has 23 heavy (non-hydrogen) atoms. The molecule has 3 rings (SSSR count). The zero-order chi connectivity index (χ0) is 16.4. The van der Waals surface area contributed by atoms with Gasteiger partial charge in [0, 0.05) is 5.69 Å². The second-order valence-corrected chi connectivity index (χ2v) is 6.01. The molecule has 0 aliphatic carbocycles. The summed E-state index contributed by atoms with van der Waals surface area (Å²) in [5.74, 6) is 0. The highest BCUT2D eigenvalue weighted by molar-refractivity contribution is 5.66. The number of aromatic nitrogens is 2. The molecular weight excluding hydrogens is 284 g/mol. The molecule has 0 spiro atoms. The van der Waals surface area contributed by atoms with Crippen LogP contribution in [0.3, 0.4) is 0 Å². The molecule has 0 bridgehead atoms. The Hall–Kier alpha value is -2.55. The fourth-order valence-electron chi connectivity index (χ4n) is 2.92. The highest BCUT2D eigenvalue weighted by Gasteiger charge is 2.17. The van der Waals surface area contributed by atoms with Crippen LogP contribution >= 0.6 is 0 Å². The van der Waals surface area contributed by atoms with Crippen LogP contribution in [0.15, 0.2) is 53.3 Å². The van der Waals surface area contributed by atoms with Crippen LogP contribution < -0.4 is 5.56 Å². The monoisotopic (exact) mass is 306 g/mol. The van der Waals surface area contributed by atoms with Gasteiger partial charge in [-0.1, -0.05) is 61.4 Å². The Balaban J connectivity index is 2.22. The minimum Gasteiger partial charge on any atom is -0.294 e. The Morgan fingerprint density at radius 1 is 1.00 bits per heavy atom. The van der Waals surface area contributed by atoms with Crippen molar-refractivity contribution >= 4 is 0 Å². The second-order valence-electron chi connectivity index (χ2n) is 6.01. The largest absolute Gasteiger partial charge is 0.294 e. The number of nitrogens with one attached hydrogen (secondary N) is 1. The molecule has 0 saturated carbocycles. The fourth-order valence-corrected chi connectivity index (χ4v) is 2.92. The zero-order valence-corrected chi connectivity index (χ0v) is 13.9. The van der Waals surface area contributed by atoms with Gasteiger partial charge in [0.25, 0.3) is 5.56 Å². The van der Waals surface area contributed by atoms with Crippen molar-refractivity contribution in [2.24, 2.45) is 0 Å². The van der Waals surface area contributed by atoms with E-state index in [1.165, 1.54) is 5.56 Å². The first-order valence-electron chi connectivity index (χ1n) is 8.08. The third kappa shape index (κ3) is 2.87. The number of hydrogen-bond acceptors (Lipinski definition) is 1. The molecule has 0 amide bonds. The summed E-state index contributed by atoms with van der Waals surface area (Å²) < 4.78 is 1.68. The van der Waals surface area contributed by atoms with E-state index in [-0.39, 0.29) is 5.56 Å². The fraction of sp³-hybridized carbons (Fsp3) is 0.250. The molecule has 3 heteroatoms. The summed E-state index contributed by atoms with van der Waals surface area (Å²) in [5, 5.41) is 3.33. The van der Waals surface area contributed by atoms with Gasteiger partial charge in [0.1, 0.15) is 0 Å². The molecule has 1 heterocycles. The molecule has 0 aliphatic rings. The topological polar surface area (TPSA) is 37.8 Å². The lowest BCUT2D eigenvalue weighted by Crippen LogP contribution is -2.16. The maximum atomic E-state index is 13.0. The van der Waals surface area contributed by atoms with E-state index >= 15 is 0 Å². The summed E-state index contributed by atoms with van der Waals surface area (Å²) >= 11 is 0. The van der Waals surface area contributed by atoms with E-state index < -0.39 is 0 Å². The standard InChI is InChI=1S/C20H22N2O/c1-4-7-17-19(16-12-10-14(2)11-13-16)20(23)22(21-17)18-9-6-5-8-15(18)3/h5-6,8-13,21H,4,7H2,1-3H3. The molecule has 0 radical (unpaired) electrons. The second kappa shape index (κ2) is 6.29. The third-order valence-electron chi connectivity index (χ3n) is 4.16. The summed E-state index contributed by atoms with van der Waals surface area (Å²) in [6.07, 6.45) is 1.85. The number of aromatic amines is 1. The molecular formula is C20H22N2O. The van der Waals surface area contributed by atoms with E-state index in [0.717, 1.165) is 40.9 Å². The van der Waals surface area contributed by atoms with Crippen molar-refractivity contribution in [2.45, 2.75) is 33.6 Å². The molecule has 0 fully saturated rings. The number of H-pyrrole nitrogens is 1. The Labute approximate surface area is 136 Å². The summed E-state index contributed by atoms with van der Waals surface area (Å²) in [4.78, 5) is 13.0. The van der Waals surface area contributed by atoms with Gasteiger partial charge in [-0.2, -0.15) is 0 Å². The third-order valence-corrected chi connectivity index (χ3v) is 4.16. The molecule has 1 N–H and O–H groups in total. The summed E-state index contributed by atoms with van der Waals surface area (Å²) in [5.41, 5.74) is 5.97. The molecule has 0 aliphatic heterocycles. The Bertz CT molecular complexity index is 869. The van der Waals surface area contributed by atoms with Crippen molar-refractivity contribution in [1.82, 2.24) is 9.78 Å². The maximum Gasteiger partial charge on any atom is 0.279 e. The van der Waals surface area contributed by atoms with Crippen molar-refractivity contribution in [3.8, 4) is 16.8 Å². The molecule has 2 aromatic carbocycles. The number of rotatable bonds is 4. The van der Waals surface area contributed by atoms with Crippen LogP contribution in [0, 0.1) is 13.8 Å². The van der Waals surface area contributed by atoms with Crippen LogP contribution in [0.1, 0.15) is 30.2 Å². The average Bonchev–Trinajstić information content (AvgIpc) is 2.86. The molecule has 0 saturated heterocycles. The Morgan fingerprint density at radius 3 is 2.35 bits per heavy atom. The van der Waals surface area contributed by atoms with Gasteiger partial charge in [-0.05, 0) is 37.5 Å². The smallest absolute Gasteiger partial charge is 0.279 e. The van der Waals surface area contributed by atoms with Crippen LogP contribution in [0.2, 0.25) is 0 Å². The van der Waals surface area contributed by atoms with E-state index in [1.54, 1.807) is 4.68 Å². The molecule has 0 unspecified atom stereocenters. The molecule has 118 valence electrons. The van der Waals surface area contributed by atoms with Crippen LogP contribution in [0.4, 0.5) is 0 Å². The Kier molecular flexibility index (Phi) is 4.20. The van der Waals surface area contributed by atoms with E-state index in [1.807, 2.05) is 43.3 Å². The van der Waals surface area contributed by atoms with Gasteiger partial charge in [0.05, 0.1) is 11.3 Å². The van der Waals surface area contributed by atoms with Gasteiger partial charge in [-0.15, -0.1) is 0 Å². The van der Waals surface area contributed by atoms with Crippen molar-refractivity contribution < 1.29 is 0 Å². The first kappa shape index (κ1) is 15.3. The SMILES string of the molecule is CCCc1[nH]n(-c2ccccc2C)c(=O)c1-c1ccc(C)cc1. The van der Waals surface area contributed by atoms with Gasteiger partial charge < -0.3 is 0 Å². The van der Waals surface area contributed by atoms with Crippen LogP contribution in [0.25, 0.3) is 16.8 Å². The highest BCUT2D eigenvalue weighted by Crippen LogP contribution is 2.22. The lowest BCUT2D eigenvalue weighted by atomic mass is 10.0. The van der Waals surface area contributed by atoms with Gasteiger partial charge >= 0.3 is 0 Å². The lowest BCUT2D eigenvalue weighted by molar-refractivity contribution is 0.790. The summed E-state index contributed by atoms with van der Waals surface area (Å²) in [6, 6.07) is 16.1. The predicted octanol–water partition coefficient (Wildman–Crippen LogP) is 4.40. The molecule has 3 nitrogen and oxygen atoms in total. The normalized spacial score (nSPS) is 10.9. The first-order chi connectivity index (χ1) is 11.1. The van der Waals surface area contributed by atoms with E-state index in [0.29, 0.717) is 0 Å². The number of para-hydroxylation sites is 1. The van der Waals surface area contributed by atoms with Crippen molar-refractivity contribution in [3.63, 3.8) is 0 Å². The summed E-state index contributed by atoms with van der Waals surface area (Å²) in [6.45, 7) is 6.20. The van der Waals surface area contributed by atoms with Crippen LogP contribution in [-0.2, 0) is 6.42 Å². The van der Waals surface area contributed by atoms with Crippen molar-refractivity contribution in [3.05, 3.63) is 75.7 Å². The van der Waals surface area contributed by atoms with E-state index in [2.05, 4.69) is 31.1 Å². The minimum absolute atomic E-state index is 0.0200. The maximum absolute atomic E-state index is 13.0. The van der Waals surface area contributed by atoms with Gasteiger partial charge in [-0.3, -0.25) is 9.89 Å². The quantitative estimate of drug-likeness (QED) is 0.762. The average molecular weight is 306 g/mol. The lowest BCUT2D eigenvalue weighted by Gasteiger charge is -2.05. The Morgan fingerprint density at radius 2 is 1.70 bits per heavy atom. The zero-order valence-electron chi connectivity index (χ0n) is 13.9. The van der Waals surface area contributed by atoms with Crippen molar-refractivity contribution in [1.29, 1.82) is 0 Å². The van der Waals surface area contributed by atoms with E-state index in [9.17, 15) is 4.79 Å². The predicted molar refractivity (Wildman–Crippen MR) is 95.3 cm³/mol. The number of hydrogen-bond donors (Lipinski definition) is 1. The first-order valence-corrected chi connectivity index (χ1v) is 8.08. The number of aryl methyl sites for hydroxylation is 3. The van der Waals surface area contributed by atoms with Crippen LogP contribution in [0.5, 0.6) is 0 Å².